The summed E-state index contributed by atoms with van der Waals surface area (Å²) in [6, 6.07) is 7.97. The molecule has 106 valence electrons. The van der Waals surface area contributed by atoms with Gasteiger partial charge in [-0.2, -0.15) is 0 Å². The normalized spacial score (nSPS) is 12.5. The van der Waals surface area contributed by atoms with Crippen molar-refractivity contribution in [2.45, 2.75) is 58.5 Å². The summed E-state index contributed by atoms with van der Waals surface area (Å²) in [6.07, 6.45) is 1.26. The van der Waals surface area contributed by atoms with Crippen molar-refractivity contribution in [3.05, 3.63) is 35.4 Å². The molecular weight excluding hydrogens is 236 g/mol. The van der Waals surface area contributed by atoms with Crippen LogP contribution in [0.2, 0.25) is 0 Å². The first-order valence-corrected chi connectivity index (χ1v) is 6.84. The summed E-state index contributed by atoms with van der Waals surface area (Å²) < 4.78 is 5.34. The third-order valence-corrected chi connectivity index (χ3v) is 3.58. The Labute approximate surface area is 117 Å². The minimum Gasteiger partial charge on any atom is -0.379 e. The zero-order chi connectivity index (χ0) is 14.7. The summed E-state index contributed by atoms with van der Waals surface area (Å²) in [5.41, 5.74) is 1.93. The lowest BCUT2D eigenvalue weighted by Crippen LogP contribution is -2.23. The van der Waals surface area contributed by atoms with E-state index in [1.165, 1.54) is 5.56 Å². The van der Waals surface area contributed by atoms with Gasteiger partial charge in [0.25, 0.3) is 0 Å². The molecule has 1 aromatic rings. The van der Waals surface area contributed by atoms with Crippen molar-refractivity contribution in [2.24, 2.45) is 0 Å². The van der Waals surface area contributed by atoms with Crippen molar-refractivity contribution in [3.8, 4) is 0 Å². The number of ether oxygens (including phenoxy) is 1. The molecule has 1 rings (SSSR count). The van der Waals surface area contributed by atoms with E-state index in [4.69, 9.17) is 4.74 Å². The Kier molecular flexibility index (Phi) is 4.92. The van der Waals surface area contributed by atoms with Gasteiger partial charge < -0.3 is 4.74 Å². The molecule has 0 fully saturated rings. The lowest BCUT2D eigenvalue weighted by Gasteiger charge is -2.22. The van der Waals surface area contributed by atoms with Crippen LogP contribution in [-0.2, 0) is 10.2 Å². The highest BCUT2D eigenvalue weighted by atomic mass is 16.5. The van der Waals surface area contributed by atoms with Gasteiger partial charge in [-0.1, -0.05) is 45.0 Å². The molecule has 0 N–H and O–H groups in total. The standard InChI is InChI=1S/C17H26O2/c1-16(2,3)14-9-7-13(8-10-14)15(18)11-12-17(4,5)19-6/h7-10H,11-12H2,1-6H3. The largest absolute Gasteiger partial charge is 0.379 e. The van der Waals surface area contributed by atoms with Crippen molar-refractivity contribution >= 4 is 5.78 Å². The molecule has 0 heterocycles. The van der Waals surface area contributed by atoms with Gasteiger partial charge in [0.15, 0.2) is 5.78 Å². The van der Waals surface area contributed by atoms with Crippen LogP contribution >= 0.6 is 0 Å². The minimum absolute atomic E-state index is 0.125. The van der Waals surface area contributed by atoms with Crippen molar-refractivity contribution in [1.82, 2.24) is 0 Å². The van der Waals surface area contributed by atoms with Crippen LogP contribution in [-0.4, -0.2) is 18.5 Å². The molecular formula is C17H26O2. The third-order valence-electron chi connectivity index (χ3n) is 3.58. The molecule has 0 amide bonds. The van der Waals surface area contributed by atoms with Gasteiger partial charge in [-0.15, -0.1) is 0 Å². The second-order valence-corrected chi connectivity index (χ2v) is 6.71. The van der Waals surface area contributed by atoms with Crippen LogP contribution < -0.4 is 0 Å². The molecule has 0 saturated carbocycles. The van der Waals surface area contributed by atoms with Gasteiger partial charge in [0.1, 0.15) is 0 Å². The number of carbonyl (C=O) groups excluding carboxylic acids is 1. The molecule has 0 atom stereocenters. The molecule has 0 bridgehead atoms. The Balaban J connectivity index is 2.69. The maximum Gasteiger partial charge on any atom is 0.162 e. The van der Waals surface area contributed by atoms with Gasteiger partial charge in [-0.25, -0.2) is 0 Å². The second kappa shape index (κ2) is 5.87. The van der Waals surface area contributed by atoms with Crippen molar-refractivity contribution in [1.29, 1.82) is 0 Å². The zero-order valence-corrected chi connectivity index (χ0v) is 13.0. The van der Waals surface area contributed by atoms with E-state index in [-0.39, 0.29) is 16.8 Å². The number of Topliss-reactive ketones (excluding diaryl/α,β-unsaturated/α-hetero) is 1. The lowest BCUT2D eigenvalue weighted by molar-refractivity contribution is 0.0141. The van der Waals surface area contributed by atoms with Gasteiger partial charge in [0.2, 0.25) is 0 Å². The Morgan fingerprint density at radius 3 is 2.00 bits per heavy atom. The summed E-state index contributed by atoms with van der Waals surface area (Å²) in [7, 11) is 1.68. The summed E-state index contributed by atoms with van der Waals surface area (Å²) in [5, 5.41) is 0. The van der Waals surface area contributed by atoms with Crippen LogP contribution in [0.3, 0.4) is 0 Å². The van der Waals surface area contributed by atoms with E-state index in [0.717, 1.165) is 12.0 Å². The summed E-state index contributed by atoms with van der Waals surface area (Å²) in [6.45, 7) is 10.5. The average Bonchev–Trinajstić information content (AvgIpc) is 2.35. The Hall–Kier alpha value is -1.15. The average molecular weight is 262 g/mol. The molecule has 0 aromatic heterocycles. The van der Waals surface area contributed by atoms with E-state index < -0.39 is 0 Å². The maximum atomic E-state index is 12.1. The molecule has 0 radical (unpaired) electrons. The SMILES string of the molecule is COC(C)(C)CCC(=O)c1ccc(C(C)(C)C)cc1. The molecule has 0 aliphatic rings. The number of hydrogen-bond acceptors (Lipinski definition) is 2. The van der Waals surface area contributed by atoms with Crippen molar-refractivity contribution in [2.75, 3.05) is 7.11 Å². The van der Waals surface area contributed by atoms with Gasteiger partial charge in [-0.3, -0.25) is 4.79 Å². The monoisotopic (exact) mass is 262 g/mol. The predicted molar refractivity (Wildman–Crippen MR) is 79.8 cm³/mol. The first kappa shape index (κ1) is 15.9. The maximum absolute atomic E-state index is 12.1. The quantitative estimate of drug-likeness (QED) is 0.736. The van der Waals surface area contributed by atoms with Gasteiger partial charge in [0.05, 0.1) is 5.60 Å². The molecule has 1 aromatic carbocycles. The topological polar surface area (TPSA) is 26.3 Å². The van der Waals surface area contributed by atoms with E-state index in [1.807, 2.05) is 26.0 Å². The second-order valence-electron chi connectivity index (χ2n) is 6.71. The number of hydrogen-bond donors (Lipinski definition) is 0. The smallest absolute Gasteiger partial charge is 0.162 e. The Morgan fingerprint density at radius 2 is 1.58 bits per heavy atom. The number of benzene rings is 1. The van der Waals surface area contributed by atoms with Crippen LogP contribution in [0, 0.1) is 0 Å². The molecule has 0 aliphatic heterocycles. The lowest BCUT2D eigenvalue weighted by atomic mass is 9.86. The Morgan fingerprint density at radius 1 is 1.05 bits per heavy atom. The highest BCUT2D eigenvalue weighted by Crippen LogP contribution is 2.23. The van der Waals surface area contributed by atoms with E-state index in [0.29, 0.717) is 6.42 Å². The summed E-state index contributed by atoms with van der Waals surface area (Å²) in [5.74, 6) is 0.186. The molecule has 0 unspecified atom stereocenters. The van der Waals surface area contributed by atoms with Gasteiger partial charge in [0, 0.05) is 19.1 Å². The third kappa shape index (κ3) is 4.79. The minimum atomic E-state index is -0.235. The number of rotatable bonds is 5. The number of methoxy groups -OCH3 is 1. The summed E-state index contributed by atoms with van der Waals surface area (Å²) in [4.78, 5) is 12.1. The highest BCUT2D eigenvalue weighted by Gasteiger charge is 2.19. The molecule has 0 aliphatic carbocycles. The van der Waals surface area contributed by atoms with E-state index >= 15 is 0 Å². The van der Waals surface area contributed by atoms with Crippen LogP contribution in [0.5, 0.6) is 0 Å². The van der Waals surface area contributed by atoms with Crippen LogP contribution in [0.4, 0.5) is 0 Å². The van der Waals surface area contributed by atoms with E-state index in [1.54, 1.807) is 7.11 Å². The van der Waals surface area contributed by atoms with Crippen LogP contribution in [0.15, 0.2) is 24.3 Å². The first-order chi connectivity index (χ1) is 8.65. The van der Waals surface area contributed by atoms with Crippen molar-refractivity contribution < 1.29 is 9.53 Å². The molecule has 2 nitrogen and oxygen atoms in total. The fourth-order valence-corrected chi connectivity index (χ4v) is 1.82. The molecule has 2 heteroatoms. The zero-order valence-electron chi connectivity index (χ0n) is 13.0. The molecule has 19 heavy (non-hydrogen) atoms. The first-order valence-electron chi connectivity index (χ1n) is 6.84. The molecule has 0 saturated heterocycles. The summed E-state index contributed by atoms with van der Waals surface area (Å²) >= 11 is 0. The van der Waals surface area contributed by atoms with Crippen LogP contribution in [0.25, 0.3) is 0 Å². The Bertz CT molecular complexity index is 422. The number of ketones is 1. The van der Waals surface area contributed by atoms with Gasteiger partial charge >= 0.3 is 0 Å². The number of carbonyl (C=O) groups is 1. The fraction of sp³-hybridized carbons (Fsp3) is 0.588. The molecule has 0 spiro atoms. The highest BCUT2D eigenvalue weighted by molar-refractivity contribution is 5.96. The van der Waals surface area contributed by atoms with E-state index in [9.17, 15) is 4.79 Å². The van der Waals surface area contributed by atoms with Gasteiger partial charge in [-0.05, 0) is 31.2 Å². The fourth-order valence-electron chi connectivity index (χ4n) is 1.82. The van der Waals surface area contributed by atoms with E-state index in [2.05, 4.69) is 32.9 Å². The predicted octanol–water partition coefficient (Wildman–Crippen LogP) is 4.37. The van der Waals surface area contributed by atoms with Crippen molar-refractivity contribution in [3.63, 3.8) is 0 Å². The van der Waals surface area contributed by atoms with Crippen LogP contribution in [0.1, 0.15) is 63.4 Å².